The van der Waals surface area contributed by atoms with Gasteiger partial charge in [0, 0.05) is 26.2 Å². The van der Waals surface area contributed by atoms with Crippen LogP contribution in [-0.2, 0) is 15.9 Å². The van der Waals surface area contributed by atoms with Crippen LogP contribution in [0.2, 0.25) is 0 Å². The Balaban J connectivity index is 2.71. The third kappa shape index (κ3) is 6.86. The summed E-state index contributed by atoms with van der Waals surface area (Å²) in [4.78, 5) is 0. The molecule has 1 aromatic rings. The molecular weight excluding hydrogens is 310 g/mol. The van der Waals surface area contributed by atoms with Gasteiger partial charge in [-0.05, 0) is 37.5 Å². The van der Waals surface area contributed by atoms with Gasteiger partial charge in [0.15, 0.2) is 5.79 Å². The lowest BCUT2D eigenvalue weighted by Gasteiger charge is -2.35. The van der Waals surface area contributed by atoms with Gasteiger partial charge in [-0.3, -0.25) is 0 Å². The Morgan fingerprint density at radius 2 is 1.46 bits per heavy atom. The van der Waals surface area contributed by atoms with Gasteiger partial charge in [0.2, 0.25) is 0 Å². The van der Waals surface area contributed by atoms with E-state index in [0.29, 0.717) is 12.0 Å². The van der Waals surface area contributed by atoms with Crippen LogP contribution in [0, 0.1) is 17.6 Å². The molecule has 0 bridgehead atoms. The van der Waals surface area contributed by atoms with Crippen LogP contribution in [0.5, 0.6) is 0 Å². The zero-order valence-corrected chi connectivity index (χ0v) is 15.5. The monoisotopic (exact) mass is 342 g/mol. The molecule has 138 valence electrons. The summed E-state index contributed by atoms with van der Waals surface area (Å²) in [6, 6.07) is 3.68. The first-order valence-electron chi connectivity index (χ1n) is 9.00. The van der Waals surface area contributed by atoms with E-state index in [0.717, 1.165) is 25.3 Å². The van der Waals surface area contributed by atoms with Gasteiger partial charge in [0.25, 0.3) is 0 Å². The third-order valence-electron chi connectivity index (χ3n) is 4.86. The number of methoxy groups -OCH3 is 2. The van der Waals surface area contributed by atoms with Crippen molar-refractivity contribution < 1.29 is 18.3 Å². The highest BCUT2D eigenvalue weighted by molar-refractivity contribution is 5.18. The maximum absolute atomic E-state index is 13.5. The van der Waals surface area contributed by atoms with Gasteiger partial charge in [0.05, 0.1) is 0 Å². The van der Waals surface area contributed by atoms with Crippen molar-refractivity contribution in [2.75, 3.05) is 14.2 Å². The molecule has 24 heavy (non-hydrogen) atoms. The van der Waals surface area contributed by atoms with Crippen LogP contribution in [0.1, 0.15) is 64.4 Å². The second-order valence-electron chi connectivity index (χ2n) is 6.66. The van der Waals surface area contributed by atoms with Gasteiger partial charge < -0.3 is 9.47 Å². The van der Waals surface area contributed by atoms with E-state index in [9.17, 15) is 8.78 Å². The first-order valence-corrected chi connectivity index (χ1v) is 9.00. The van der Waals surface area contributed by atoms with Crippen LogP contribution in [0.4, 0.5) is 8.78 Å². The number of benzene rings is 1. The van der Waals surface area contributed by atoms with Crippen LogP contribution in [0.3, 0.4) is 0 Å². The molecule has 1 aromatic carbocycles. The number of halogens is 2. The number of ether oxygens (including phenoxy) is 2. The fourth-order valence-corrected chi connectivity index (χ4v) is 3.15. The molecular formula is C20H32F2O2. The molecule has 0 aliphatic rings. The summed E-state index contributed by atoms with van der Waals surface area (Å²) in [5, 5.41) is 0. The second-order valence-corrected chi connectivity index (χ2v) is 6.66. The third-order valence-corrected chi connectivity index (χ3v) is 4.86. The standard InChI is InChI=1S/C20H32F2O2/c1-5-6-7-8-9-10-11-17(20(2,23-3)24-4)12-16-13-18(21)15-19(22)14-16/h13-15,17H,5-12H2,1-4H3. The average Bonchev–Trinajstić information content (AvgIpc) is 2.55. The van der Waals surface area contributed by atoms with Crippen molar-refractivity contribution in [2.45, 2.75) is 71.0 Å². The molecule has 0 aliphatic carbocycles. The predicted octanol–water partition coefficient (Wildman–Crippen LogP) is 5.88. The summed E-state index contributed by atoms with van der Waals surface area (Å²) in [6.45, 7) is 4.10. The molecule has 1 unspecified atom stereocenters. The fourth-order valence-electron chi connectivity index (χ4n) is 3.15. The first kappa shape index (κ1) is 21.0. The van der Waals surface area contributed by atoms with Gasteiger partial charge in [-0.25, -0.2) is 8.78 Å². The fraction of sp³-hybridized carbons (Fsp3) is 0.700. The van der Waals surface area contributed by atoms with E-state index >= 15 is 0 Å². The van der Waals surface area contributed by atoms with Crippen molar-refractivity contribution in [3.63, 3.8) is 0 Å². The molecule has 0 spiro atoms. The first-order chi connectivity index (χ1) is 11.4. The summed E-state index contributed by atoms with van der Waals surface area (Å²) < 4.78 is 38.1. The second kappa shape index (κ2) is 10.8. The van der Waals surface area contributed by atoms with Crippen LogP contribution in [0.25, 0.3) is 0 Å². The molecule has 0 heterocycles. The molecule has 0 amide bonds. The van der Waals surface area contributed by atoms with Gasteiger partial charge >= 0.3 is 0 Å². The number of rotatable bonds is 12. The maximum Gasteiger partial charge on any atom is 0.167 e. The Bertz CT molecular complexity index is 452. The highest BCUT2D eigenvalue weighted by atomic mass is 19.1. The normalized spacial score (nSPS) is 13.2. The van der Waals surface area contributed by atoms with Crippen molar-refractivity contribution in [1.29, 1.82) is 0 Å². The SMILES string of the molecule is CCCCCCCCC(Cc1cc(F)cc(F)c1)C(C)(OC)OC. The predicted molar refractivity (Wildman–Crippen MR) is 94.0 cm³/mol. The Morgan fingerprint density at radius 3 is 2.00 bits per heavy atom. The summed E-state index contributed by atoms with van der Waals surface area (Å²) >= 11 is 0. The molecule has 0 fully saturated rings. The Kier molecular flexibility index (Phi) is 9.45. The van der Waals surface area contributed by atoms with Crippen LogP contribution in [-0.4, -0.2) is 20.0 Å². The molecule has 0 saturated carbocycles. The molecule has 1 atom stereocenters. The molecule has 1 rings (SSSR count). The smallest absolute Gasteiger partial charge is 0.167 e. The van der Waals surface area contributed by atoms with Crippen molar-refractivity contribution >= 4 is 0 Å². The van der Waals surface area contributed by atoms with Crippen molar-refractivity contribution in [3.05, 3.63) is 35.4 Å². The average molecular weight is 342 g/mol. The van der Waals surface area contributed by atoms with E-state index in [1.165, 1.54) is 37.8 Å². The molecule has 2 nitrogen and oxygen atoms in total. The van der Waals surface area contributed by atoms with Crippen LogP contribution < -0.4 is 0 Å². The zero-order chi connectivity index (χ0) is 18.0. The van der Waals surface area contributed by atoms with E-state index in [-0.39, 0.29) is 5.92 Å². The van der Waals surface area contributed by atoms with Crippen LogP contribution >= 0.6 is 0 Å². The zero-order valence-electron chi connectivity index (χ0n) is 15.5. The molecule has 0 saturated heterocycles. The van der Waals surface area contributed by atoms with Gasteiger partial charge in [0.1, 0.15) is 11.6 Å². The molecule has 0 aliphatic heterocycles. The minimum Gasteiger partial charge on any atom is -0.353 e. The Morgan fingerprint density at radius 1 is 0.917 bits per heavy atom. The van der Waals surface area contributed by atoms with E-state index in [2.05, 4.69) is 6.92 Å². The van der Waals surface area contributed by atoms with Crippen molar-refractivity contribution in [2.24, 2.45) is 5.92 Å². The van der Waals surface area contributed by atoms with E-state index < -0.39 is 17.4 Å². The highest BCUT2D eigenvalue weighted by Crippen LogP contribution is 2.31. The summed E-state index contributed by atoms with van der Waals surface area (Å²) in [5.74, 6) is -1.80. The topological polar surface area (TPSA) is 18.5 Å². The highest BCUT2D eigenvalue weighted by Gasteiger charge is 2.34. The molecule has 0 aromatic heterocycles. The largest absolute Gasteiger partial charge is 0.353 e. The number of hydrogen-bond donors (Lipinski definition) is 0. The van der Waals surface area contributed by atoms with Gasteiger partial charge in [-0.15, -0.1) is 0 Å². The van der Waals surface area contributed by atoms with Crippen molar-refractivity contribution in [1.82, 2.24) is 0 Å². The minimum atomic E-state index is -0.758. The lowest BCUT2D eigenvalue weighted by atomic mass is 9.87. The summed E-state index contributed by atoms with van der Waals surface area (Å²) in [5.41, 5.74) is 0.642. The van der Waals surface area contributed by atoms with Crippen molar-refractivity contribution in [3.8, 4) is 0 Å². The number of unbranched alkanes of at least 4 members (excludes halogenated alkanes) is 5. The molecule has 4 heteroatoms. The molecule has 0 radical (unpaired) electrons. The summed E-state index contributed by atoms with van der Waals surface area (Å²) in [6.07, 6.45) is 8.67. The lowest BCUT2D eigenvalue weighted by Crippen LogP contribution is -2.40. The summed E-state index contributed by atoms with van der Waals surface area (Å²) in [7, 11) is 3.23. The Labute approximate surface area is 145 Å². The van der Waals surface area contributed by atoms with E-state index in [1.807, 2.05) is 6.92 Å². The minimum absolute atomic E-state index is 0.0416. The Hall–Kier alpha value is -1.00. The van der Waals surface area contributed by atoms with Gasteiger partial charge in [-0.2, -0.15) is 0 Å². The lowest BCUT2D eigenvalue weighted by molar-refractivity contribution is -0.228. The number of hydrogen-bond acceptors (Lipinski definition) is 2. The van der Waals surface area contributed by atoms with Crippen LogP contribution in [0.15, 0.2) is 18.2 Å². The maximum atomic E-state index is 13.5. The van der Waals surface area contributed by atoms with E-state index in [1.54, 1.807) is 14.2 Å². The molecule has 0 N–H and O–H groups in total. The quantitative estimate of drug-likeness (QED) is 0.349. The van der Waals surface area contributed by atoms with Gasteiger partial charge in [-0.1, -0.05) is 45.4 Å². The van der Waals surface area contributed by atoms with E-state index in [4.69, 9.17) is 9.47 Å².